The van der Waals surface area contributed by atoms with E-state index in [0.717, 1.165) is 11.2 Å². The summed E-state index contributed by atoms with van der Waals surface area (Å²) in [7, 11) is -3.26. The second kappa shape index (κ2) is 8.67. The summed E-state index contributed by atoms with van der Waals surface area (Å²) in [4.78, 5) is 17.2. The third kappa shape index (κ3) is 6.57. The summed E-state index contributed by atoms with van der Waals surface area (Å²) in [6.45, 7) is 0.311. The van der Waals surface area contributed by atoms with E-state index in [1.165, 1.54) is 11.8 Å². The molecule has 0 atom stereocenters. The van der Waals surface area contributed by atoms with Crippen LogP contribution < -0.4 is 15.4 Å². The van der Waals surface area contributed by atoms with E-state index in [2.05, 4.69) is 20.3 Å². The summed E-state index contributed by atoms with van der Waals surface area (Å²) in [6, 6.07) is 12.8. The molecule has 0 aliphatic heterocycles. The molecular formula is C15H18N4O3S2. The molecule has 9 heteroatoms. The van der Waals surface area contributed by atoms with Gasteiger partial charge in [-0.05, 0) is 24.3 Å². The maximum absolute atomic E-state index is 11.9. The standard InChI is InChI=1S/C15H18N4O3S2/c1-24(21,22)18-11-10-17-15(20)19-13-8-5-9-16-14(13)23-12-6-3-2-4-7-12/h2-9,18H,10-11H2,1H3,(H2,17,19,20). The van der Waals surface area contributed by atoms with Gasteiger partial charge in [0.25, 0.3) is 0 Å². The molecule has 3 N–H and O–H groups in total. The van der Waals surface area contributed by atoms with Gasteiger partial charge in [0.15, 0.2) is 0 Å². The quantitative estimate of drug-likeness (QED) is 0.650. The second-order valence-corrected chi connectivity index (χ2v) is 7.71. The smallest absolute Gasteiger partial charge is 0.319 e. The number of hydrogen-bond donors (Lipinski definition) is 3. The van der Waals surface area contributed by atoms with E-state index >= 15 is 0 Å². The number of aromatic nitrogens is 1. The van der Waals surface area contributed by atoms with Crippen LogP contribution in [0.1, 0.15) is 0 Å². The number of nitrogens with one attached hydrogen (secondary N) is 3. The minimum Gasteiger partial charge on any atom is -0.337 e. The van der Waals surface area contributed by atoms with Crippen LogP contribution in [0.4, 0.5) is 10.5 Å². The molecular weight excluding hydrogens is 348 g/mol. The average Bonchev–Trinajstić information content (AvgIpc) is 2.54. The van der Waals surface area contributed by atoms with Gasteiger partial charge in [0.1, 0.15) is 5.03 Å². The fourth-order valence-electron chi connectivity index (χ4n) is 1.75. The van der Waals surface area contributed by atoms with Crippen LogP contribution in [0.3, 0.4) is 0 Å². The lowest BCUT2D eigenvalue weighted by atomic mass is 10.4. The number of pyridine rings is 1. The Kier molecular flexibility index (Phi) is 6.59. The van der Waals surface area contributed by atoms with Gasteiger partial charge in [-0.3, -0.25) is 0 Å². The molecule has 0 aliphatic carbocycles. The highest BCUT2D eigenvalue weighted by Gasteiger charge is 2.09. The molecule has 2 amide bonds. The highest BCUT2D eigenvalue weighted by Crippen LogP contribution is 2.31. The first-order valence-corrected chi connectivity index (χ1v) is 9.82. The number of sulfonamides is 1. The number of carbonyl (C=O) groups is 1. The molecule has 0 bridgehead atoms. The van der Waals surface area contributed by atoms with Gasteiger partial charge >= 0.3 is 6.03 Å². The molecule has 0 unspecified atom stereocenters. The minimum absolute atomic E-state index is 0.130. The van der Waals surface area contributed by atoms with E-state index in [0.29, 0.717) is 10.7 Å². The van der Waals surface area contributed by atoms with Gasteiger partial charge in [0.05, 0.1) is 11.9 Å². The first kappa shape index (κ1) is 18.2. The fourth-order valence-corrected chi connectivity index (χ4v) is 3.08. The normalized spacial score (nSPS) is 11.0. The largest absolute Gasteiger partial charge is 0.337 e. The molecule has 7 nitrogen and oxygen atoms in total. The Bertz CT molecular complexity index is 782. The second-order valence-electron chi connectivity index (χ2n) is 4.82. The molecule has 2 rings (SSSR count). The van der Waals surface area contributed by atoms with Crippen LogP contribution in [0.5, 0.6) is 0 Å². The molecule has 1 aromatic heterocycles. The minimum atomic E-state index is -3.26. The van der Waals surface area contributed by atoms with Crippen molar-refractivity contribution in [3.8, 4) is 0 Å². The zero-order valence-corrected chi connectivity index (χ0v) is 14.7. The van der Waals surface area contributed by atoms with Gasteiger partial charge < -0.3 is 10.6 Å². The predicted octanol–water partition coefficient (Wildman–Crippen LogP) is 1.90. The van der Waals surface area contributed by atoms with Crippen molar-refractivity contribution in [2.24, 2.45) is 0 Å². The third-order valence-corrected chi connectivity index (χ3v) is 4.51. The summed E-state index contributed by atoms with van der Waals surface area (Å²) in [6.07, 6.45) is 2.72. The molecule has 2 aromatic rings. The number of benzene rings is 1. The highest BCUT2D eigenvalue weighted by atomic mass is 32.2. The first-order chi connectivity index (χ1) is 11.4. The SMILES string of the molecule is CS(=O)(=O)NCCNC(=O)Nc1cccnc1Sc1ccccc1. The lowest BCUT2D eigenvalue weighted by Gasteiger charge is -2.11. The van der Waals surface area contributed by atoms with Crippen molar-refractivity contribution in [3.05, 3.63) is 48.7 Å². The van der Waals surface area contributed by atoms with Crippen molar-refractivity contribution in [3.63, 3.8) is 0 Å². The summed E-state index contributed by atoms with van der Waals surface area (Å²) in [5.41, 5.74) is 0.583. The predicted molar refractivity (Wildman–Crippen MR) is 94.7 cm³/mol. The molecule has 1 aromatic carbocycles. The van der Waals surface area contributed by atoms with Crippen molar-refractivity contribution in [2.75, 3.05) is 24.7 Å². The van der Waals surface area contributed by atoms with Crippen LogP contribution in [-0.4, -0.2) is 38.8 Å². The number of anilines is 1. The average molecular weight is 366 g/mol. The Balaban J connectivity index is 1.91. The summed E-state index contributed by atoms with van der Waals surface area (Å²) < 4.78 is 24.2. The van der Waals surface area contributed by atoms with E-state index in [4.69, 9.17) is 0 Å². The fraction of sp³-hybridized carbons (Fsp3) is 0.200. The van der Waals surface area contributed by atoms with E-state index in [1.807, 2.05) is 30.3 Å². The maximum atomic E-state index is 11.9. The van der Waals surface area contributed by atoms with Gasteiger partial charge in [0, 0.05) is 24.2 Å². The Morgan fingerprint density at radius 1 is 1.12 bits per heavy atom. The van der Waals surface area contributed by atoms with Gasteiger partial charge in [0.2, 0.25) is 10.0 Å². The molecule has 0 saturated carbocycles. The molecule has 1 heterocycles. The highest BCUT2D eigenvalue weighted by molar-refractivity contribution is 7.99. The summed E-state index contributed by atoms with van der Waals surface area (Å²) >= 11 is 1.44. The van der Waals surface area contributed by atoms with Crippen LogP contribution in [0, 0.1) is 0 Å². The number of carbonyl (C=O) groups excluding carboxylic acids is 1. The van der Waals surface area contributed by atoms with Crippen molar-refractivity contribution in [2.45, 2.75) is 9.92 Å². The topological polar surface area (TPSA) is 100 Å². The molecule has 0 spiro atoms. The molecule has 0 fully saturated rings. The molecule has 0 aliphatic rings. The van der Waals surface area contributed by atoms with Crippen LogP contribution >= 0.6 is 11.8 Å². The Hall–Kier alpha value is -2.10. The molecule has 24 heavy (non-hydrogen) atoms. The van der Waals surface area contributed by atoms with Crippen molar-refractivity contribution in [1.82, 2.24) is 15.0 Å². The Morgan fingerprint density at radius 3 is 2.58 bits per heavy atom. The third-order valence-electron chi connectivity index (χ3n) is 2.75. The number of urea groups is 1. The van der Waals surface area contributed by atoms with Crippen LogP contribution in [0.15, 0.2) is 58.6 Å². The number of nitrogens with zero attached hydrogens (tertiary/aromatic N) is 1. The van der Waals surface area contributed by atoms with Crippen molar-refractivity contribution < 1.29 is 13.2 Å². The van der Waals surface area contributed by atoms with Gasteiger partial charge in [-0.1, -0.05) is 30.0 Å². The zero-order valence-electron chi connectivity index (χ0n) is 13.0. The monoisotopic (exact) mass is 366 g/mol. The van der Waals surface area contributed by atoms with E-state index < -0.39 is 16.1 Å². The van der Waals surface area contributed by atoms with Crippen LogP contribution in [0.2, 0.25) is 0 Å². The van der Waals surface area contributed by atoms with Crippen molar-refractivity contribution in [1.29, 1.82) is 0 Å². The van der Waals surface area contributed by atoms with Gasteiger partial charge in [-0.25, -0.2) is 22.9 Å². The van der Waals surface area contributed by atoms with Gasteiger partial charge in [-0.15, -0.1) is 0 Å². The number of rotatable bonds is 7. The van der Waals surface area contributed by atoms with Crippen molar-refractivity contribution >= 4 is 33.5 Å². The number of hydrogen-bond acceptors (Lipinski definition) is 5. The zero-order chi connectivity index (χ0) is 17.4. The van der Waals surface area contributed by atoms with E-state index in [1.54, 1.807) is 18.3 Å². The Morgan fingerprint density at radius 2 is 1.88 bits per heavy atom. The lowest BCUT2D eigenvalue weighted by Crippen LogP contribution is -2.36. The lowest BCUT2D eigenvalue weighted by molar-refractivity contribution is 0.252. The van der Waals surface area contributed by atoms with E-state index in [-0.39, 0.29) is 13.1 Å². The van der Waals surface area contributed by atoms with Gasteiger partial charge in [-0.2, -0.15) is 0 Å². The number of amides is 2. The molecule has 128 valence electrons. The molecule has 0 saturated heterocycles. The maximum Gasteiger partial charge on any atom is 0.319 e. The van der Waals surface area contributed by atoms with Crippen LogP contribution in [0.25, 0.3) is 0 Å². The van der Waals surface area contributed by atoms with Crippen LogP contribution in [-0.2, 0) is 10.0 Å². The Labute approximate surface area is 145 Å². The summed E-state index contributed by atoms with van der Waals surface area (Å²) in [5, 5.41) is 5.97. The van der Waals surface area contributed by atoms with E-state index in [9.17, 15) is 13.2 Å². The first-order valence-electron chi connectivity index (χ1n) is 7.11. The summed E-state index contributed by atoms with van der Waals surface area (Å²) in [5.74, 6) is 0. The molecule has 0 radical (unpaired) electrons.